The number of hydrogen-bond donors (Lipinski definition) is 0. The van der Waals surface area contributed by atoms with Crippen LogP contribution in [0.4, 0.5) is 0 Å². The Balaban J connectivity index is -0.000000213. The van der Waals surface area contributed by atoms with Gasteiger partial charge >= 0.3 is 23.1 Å². The van der Waals surface area contributed by atoms with Crippen LogP contribution in [0.25, 0.3) is 0 Å². The first kappa shape index (κ1) is 17.0. The van der Waals surface area contributed by atoms with E-state index in [0.717, 1.165) is 0 Å². The summed E-state index contributed by atoms with van der Waals surface area (Å²) in [5.41, 5.74) is 0.410. The number of aromatic nitrogens is 1. The summed E-state index contributed by atoms with van der Waals surface area (Å²) in [6, 6.07) is 7.81. The van der Waals surface area contributed by atoms with Gasteiger partial charge in [-0.1, -0.05) is 6.20 Å². The Bertz CT molecular complexity index is 207. The van der Waals surface area contributed by atoms with Crippen molar-refractivity contribution >= 4 is 23.1 Å². The Morgan fingerprint density at radius 1 is 1.55 bits per heavy atom. The monoisotopic (exact) mass is 177 g/mol. The second-order valence-corrected chi connectivity index (χ2v) is 1.25. The van der Waals surface area contributed by atoms with Crippen molar-refractivity contribution in [2.75, 3.05) is 0 Å². The summed E-state index contributed by atoms with van der Waals surface area (Å²) in [4.78, 5) is 3.70. The largest absolute Gasteiger partial charge is 2.00 e. The molecule has 0 aliphatic heterocycles. The van der Waals surface area contributed by atoms with Gasteiger partial charge in [-0.2, -0.15) is 12.1 Å². The molecule has 0 amide bonds. The number of nitrogens with zero attached hydrogens (tertiary/aromatic N) is 2. The van der Waals surface area contributed by atoms with Crippen molar-refractivity contribution < 1.29 is 12.4 Å². The summed E-state index contributed by atoms with van der Waals surface area (Å²) in [7, 11) is 0. The Morgan fingerprint density at radius 3 is 2.45 bits per heavy atom. The van der Waals surface area contributed by atoms with Crippen molar-refractivity contribution in [3.8, 4) is 6.07 Å². The fourth-order valence-electron chi connectivity index (χ4n) is 0.386. The van der Waals surface area contributed by atoms with Crippen LogP contribution >= 0.6 is 0 Å². The van der Waals surface area contributed by atoms with E-state index in [1.807, 2.05) is 6.07 Å². The van der Waals surface area contributed by atoms with Crippen molar-refractivity contribution in [1.82, 2.24) is 4.98 Å². The summed E-state index contributed by atoms with van der Waals surface area (Å²) in [6.45, 7) is 0. The molecule has 0 aromatic carbocycles. The maximum atomic E-state index is 8.21. The summed E-state index contributed by atoms with van der Waals surface area (Å²) >= 11 is 0. The van der Waals surface area contributed by atoms with Crippen LogP contribution in [0, 0.1) is 24.8 Å². The van der Waals surface area contributed by atoms with Crippen LogP contribution in [-0.2, 0) is 0 Å². The molecule has 0 bridgehead atoms. The van der Waals surface area contributed by atoms with Crippen molar-refractivity contribution in [2.45, 2.75) is 0 Å². The Labute approximate surface area is 89.2 Å². The molecule has 2 nitrogen and oxygen atoms in total. The quantitative estimate of drug-likeness (QED) is 0.334. The van der Waals surface area contributed by atoms with Gasteiger partial charge in [0.05, 0.1) is 6.07 Å². The van der Waals surface area contributed by atoms with Gasteiger partial charge in [-0.25, -0.2) is 5.26 Å². The fraction of sp³-hybridized carbons (Fsp3) is 0. The van der Waals surface area contributed by atoms with E-state index in [2.05, 4.69) is 11.1 Å². The van der Waals surface area contributed by atoms with E-state index in [9.17, 15) is 0 Å². The molecule has 0 aliphatic rings. The van der Waals surface area contributed by atoms with E-state index in [1.165, 1.54) is 0 Å². The number of pyridine rings is 1. The van der Waals surface area contributed by atoms with Crippen LogP contribution in [0.3, 0.4) is 0 Å². The van der Waals surface area contributed by atoms with Crippen LogP contribution in [-0.4, -0.2) is 28.0 Å². The first-order valence-corrected chi connectivity index (χ1v) is 2.15. The van der Waals surface area contributed by atoms with E-state index in [1.54, 1.807) is 18.3 Å². The maximum absolute atomic E-state index is 8.21. The van der Waals surface area contributed by atoms with Crippen molar-refractivity contribution in [2.24, 2.45) is 0 Å². The van der Waals surface area contributed by atoms with Gasteiger partial charge in [0.2, 0.25) is 0 Å². The first-order valence-electron chi connectivity index (χ1n) is 2.15. The zero-order valence-corrected chi connectivity index (χ0v) is 8.38. The van der Waals surface area contributed by atoms with Crippen LogP contribution in [0.2, 0.25) is 0 Å². The van der Waals surface area contributed by atoms with E-state index in [4.69, 9.17) is 5.26 Å². The van der Waals surface area contributed by atoms with Crippen LogP contribution in [0.5, 0.6) is 0 Å². The average Bonchev–Trinajstić information content (AvgIpc) is 1.90. The molecular formula is C7H6ClMgN2-. The van der Waals surface area contributed by atoms with Gasteiger partial charge in [-0.15, -0.1) is 6.07 Å². The Morgan fingerprint density at radius 2 is 2.18 bits per heavy atom. The van der Waals surface area contributed by atoms with Crippen molar-refractivity contribution in [3.05, 3.63) is 37.5 Å². The normalized spacial score (nSPS) is 5.73. The molecule has 0 saturated heterocycles. The molecule has 0 aliphatic carbocycles. The van der Waals surface area contributed by atoms with E-state index in [0.29, 0.717) is 5.69 Å². The molecule has 54 valence electrons. The molecule has 0 spiro atoms. The third kappa shape index (κ3) is 6.11. The third-order valence-corrected chi connectivity index (χ3v) is 0.719. The molecule has 11 heavy (non-hydrogen) atoms. The topological polar surface area (TPSA) is 36.7 Å². The van der Waals surface area contributed by atoms with E-state index in [-0.39, 0.29) is 42.9 Å². The van der Waals surface area contributed by atoms with Gasteiger partial charge in [0.1, 0.15) is 0 Å². The minimum absolute atomic E-state index is 0. The SMILES string of the molecule is N#Cc1c[c-]ccn1.[CH3-].[Cl-].[Mg+2]. The van der Waals surface area contributed by atoms with Crippen LogP contribution in [0.1, 0.15) is 5.69 Å². The van der Waals surface area contributed by atoms with E-state index >= 15 is 0 Å². The van der Waals surface area contributed by atoms with Crippen LogP contribution in [0.15, 0.2) is 18.3 Å². The molecule has 1 aromatic rings. The molecule has 0 unspecified atom stereocenters. The van der Waals surface area contributed by atoms with Crippen molar-refractivity contribution in [3.63, 3.8) is 0 Å². The summed E-state index contributed by atoms with van der Waals surface area (Å²) < 4.78 is 0. The Kier molecular flexibility index (Phi) is 15.0. The molecule has 4 heteroatoms. The average molecular weight is 178 g/mol. The maximum Gasteiger partial charge on any atom is 2.00 e. The molecule has 1 rings (SSSR count). The number of nitriles is 1. The summed E-state index contributed by atoms with van der Waals surface area (Å²) in [5, 5.41) is 8.21. The smallest absolute Gasteiger partial charge is 1.00 e. The minimum atomic E-state index is 0. The number of hydrogen-bond acceptors (Lipinski definition) is 2. The molecule has 0 fully saturated rings. The second-order valence-electron chi connectivity index (χ2n) is 1.25. The standard InChI is InChI=1S/C6H3N2.CH3.ClH.Mg/c7-5-6-3-1-2-4-8-6;;;/h2-4H;1H3;1H;/q2*-1;;+2/p-1. The molecule has 0 radical (unpaired) electrons. The van der Waals surface area contributed by atoms with Gasteiger partial charge < -0.3 is 24.8 Å². The molecule has 0 atom stereocenters. The predicted octanol–water partition coefficient (Wildman–Crippen LogP) is -2.17. The Hall–Kier alpha value is -0.304. The molecule has 0 N–H and O–H groups in total. The fourth-order valence-corrected chi connectivity index (χ4v) is 0.386. The molecule has 1 aromatic heterocycles. The molecule has 1 heterocycles. The zero-order chi connectivity index (χ0) is 5.82. The van der Waals surface area contributed by atoms with Gasteiger partial charge in [-0.05, 0) is 0 Å². The van der Waals surface area contributed by atoms with Gasteiger partial charge in [0, 0.05) is 5.69 Å². The first-order chi connectivity index (χ1) is 3.93. The minimum Gasteiger partial charge on any atom is -1.00 e. The summed E-state index contributed by atoms with van der Waals surface area (Å²) in [6.07, 6.45) is 1.54. The second kappa shape index (κ2) is 9.70. The van der Waals surface area contributed by atoms with Gasteiger partial charge in [0.15, 0.2) is 0 Å². The van der Waals surface area contributed by atoms with Crippen LogP contribution < -0.4 is 12.4 Å². The van der Waals surface area contributed by atoms with Crippen molar-refractivity contribution in [1.29, 1.82) is 5.26 Å². The number of halogens is 1. The zero-order valence-electron chi connectivity index (χ0n) is 6.21. The molecule has 0 saturated carbocycles. The summed E-state index contributed by atoms with van der Waals surface area (Å²) in [5.74, 6) is 0. The third-order valence-electron chi connectivity index (χ3n) is 0.719. The number of rotatable bonds is 0. The predicted molar refractivity (Wildman–Crippen MR) is 40.0 cm³/mol. The molecular weight excluding hydrogens is 172 g/mol. The van der Waals surface area contributed by atoms with E-state index < -0.39 is 0 Å². The van der Waals surface area contributed by atoms with Gasteiger partial charge in [-0.3, -0.25) is 0 Å². The van der Waals surface area contributed by atoms with Gasteiger partial charge in [0.25, 0.3) is 0 Å².